The Kier molecular flexibility index (Phi) is 7.50. The molecule has 0 fully saturated rings. The molecule has 2 aromatic rings. The monoisotopic (exact) mass is 414 g/mol. The molecular formula is C17H17Cl3N4O2. The summed E-state index contributed by atoms with van der Waals surface area (Å²) in [6.45, 7) is 2.78. The maximum Gasteiger partial charge on any atom is 0.291 e. The molecule has 9 heteroatoms. The fourth-order valence-electron chi connectivity index (χ4n) is 1.88. The number of amides is 1. The van der Waals surface area contributed by atoms with Crippen LogP contribution in [-0.2, 0) is 0 Å². The van der Waals surface area contributed by atoms with Crippen molar-refractivity contribution >= 4 is 52.6 Å². The molecule has 0 saturated heterocycles. The summed E-state index contributed by atoms with van der Waals surface area (Å²) in [5.41, 5.74) is 8.60. The Morgan fingerprint density at radius 1 is 1.27 bits per heavy atom. The summed E-state index contributed by atoms with van der Waals surface area (Å²) in [7, 11) is 0. The van der Waals surface area contributed by atoms with E-state index in [1.165, 1.54) is 6.21 Å². The highest BCUT2D eigenvalue weighted by atomic mass is 35.5. The van der Waals surface area contributed by atoms with Gasteiger partial charge in [0, 0.05) is 0 Å². The summed E-state index contributed by atoms with van der Waals surface area (Å²) < 4.78 is 5.57. The number of hydrogen-bond acceptors (Lipinski definition) is 5. The second kappa shape index (κ2) is 9.62. The van der Waals surface area contributed by atoms with Crippen LogP contribution in [0, 0.1) is 0 Å². The molecule has 1 aromatic carbocycles. The van der Waals surface area contributed by atoms with Crippen molar-refractivity contribution in [3.8, 4) is 5.75 Å². The van der Waals surface area contributed by atoms with E-state index in [-0.39, 0.29) is 26.6 Å². The highest BCUT2D eigenvalue weighted by Gasteiger charge is 2.19. The molecule has 0 aliphatic heterocycles. The van der Waals surface area contributed by atoms with Crippen LogP contribution in [0.3, 0.4) is 0 Å². The molecule has 1 amide bonds. The Balaban J connectivity index is 1.99. The van der Waals surface area contributed by atoms with E-state index in [0.29, 0.717) is 6.61 Å². The van der Waals surface area contributed by atoms with Crippen LogP contribution in [0.2, 0.25) is 15.2 Å². The molecule has 0 aliphatic rings. The molecule has 138 valence electrons. The third-order valence-corrected chi connectivity index (χ3v) is 4.45. The first-order valence-electron chi connectivity index (χ1n) is 7.80. The van der Waals surface area contributed by atoms with Crippen molar-refractivity contribution in [3.63, 3.8) is 0 Å². The van der Waals surface area contributed by atoms with Gasteiger partial charge in [-0.3, -0.25) is 4.79 Å². The quantitative estimate of drug-likeness (QED) is 0.300. The number of nitrogens with zero attached hydrogens (tertiary/aromatic N) is 2. The number of benzene rings is 1. The van der Waals surface area contributed by atoms with E-state index in [4.69, 9.17) is 45.3 Å². The summed E-state index contributed by atoms with van der Waals surface area (Å²) in [5.74, 6) is 0.123. The lowest BCUT2D eigenvalue weighted by molar-refractivity contribution is 0.0950. The summed E-state index contributed by atoms with van der Waals surface area (Å²) in [6.07, 6.45) is 3.56. The predicted octanol–water partition coefficient (Wildman–Crippen LogP) is 4.57. The molecule has 2 rings (SSSR count). The van der Waals surface area contributed by atoms with Crippen LogP contribution in [0.15, 0.2) is 29.4 Å². The van der Waals surface area contributed by atoms with Crippen LogP contribution in [0.25, 0.3) is 0 Å². The topological polar surface area (TPSA) is 89.6 Å². The van der Waals surface area contributed by atoms with Crippen LogP contribution < -0.4 is 15.9 Å². The molecule has 1 aromatic heterocycles. The maximum atomic E-state index is 12.1. The van der Waals surface area contributed by atoms with Crippen LogP contribution >= 0.6 is 34.8 Å². The zero-order chi connectivity index (χ0) is 19.1. The first-order valence-corrected chi connectivity index (χ1v) is 8.93. The van der Waals surface area contributed by atoms with Gasteiger partial charge in [0.05, 0.1) is 23.5 Å². The summed E-state index contributed by atoms with van der Waals surface area (Å²) in [6, 6.07) is 7.30. The highest BCUT2D eigenvalue weighted by Crippen LogP contribution is 2.34. The van der Waals surface area contributed by atoms with Crippen molar-refractivity contribution in [3.05, 3.63) is 50.7 Å². The zero-order valence-electron chi connectivity index (χ0n) is 13.9. The Labute approximate surface area is 166 Å². The Bertz CT molecular complexity index is 811. The predicted molar refractivity (Wildman–Crippen MR) is 106 cm³/mol. The van der Waals surface area contributed by atoms with E-state index in [1.54, 1.807) is 0 Å². The molecule has 3 N–H and O–H groups in total. The van der Waals surface area contributed by atoms with Crippen LogP contribution in [0.4, 0.5) is 5.69 Å². The van der Waals surface area contributed by atoms with E-state index >= 15 is 0 Å². The number of carbonyl (C=O) groups excluding carboxylic acids is 1. The number of unbranched alkanes of at least 4 members (excludes halogenated alkanes) is 1. The number of hydrogen-bond donors (Lipinski definition) is 2. The second-order valence-corrected chi connectivity index (χ2v) is 6.38. The van der Waals surface area contributed by atoms with Crippen molar-refractivity contribution in [2.45, 2.75) is 19.8 Å². The fraction of sp³-hybridized carbons (Fsp3) is 0.235. The lowest BCUT2D eigenvalue weighted by Gasteiger charge is -2.07. The standard InChI is InChI=1S/C17H17Cl3N4O2/c1-2-3-8-26-11-6-4-10(5-7-11)9-22-24-17(25)15-12(18)14(21)13(19)16(20)23-15/h4-7,9H,2-3,8H2,1H3,(H2,21,23)(H,24,25)/b22-9+. The average molecular weight is 416 g/mol. The molecule has 0 atom stereocenters. The summed E-state index contributed by atoms with van der Waals surface area (Å²) in [4.78, 5) is 15.9. The van der Waals surface area contributed by atoms with Crippen molar-refractivity contribution in [2.75, 3.05) is 12.3 Å². The molecule has 0 radical (unpaired) electrons. The number of nitrogens with one attached hydrogen (secondary N) is 1. The highest BCUT2D eigenvalue weighted by molar-refractivity contribution is 6.46. The van der Waals surface area contributed by atoms with Gasteiger partial charge in [-0.05, 0) is 36.2 Å². The fourth-order valence-corrected chi connectivity index (χ4v) is 2.48. The minimum atomic E-state index is -0.656. The van der Waals surface area contributed by atoms with Crippen molar-refractivity contribution < 1.29 is 9.53 Å². The third kappa shape index (κ3) is 5.24. The molecular weight excluding hydrogens is 399 g/mol. The maximum absolute atomic E-state index is 12.1. The minimum Gasteiger partial charge on any atom is -0.494 e. The third-order valence-electron chi connectivity index (χ3n) is 3.31. The molecule has 0 unspecified atom stereocenters. The first-order chi connectivity index (χ1) is 12.4. The Hall–Kier alpha value is -2.02. The number of ether oxygens (including phenoxy) is 1. The van der Waals surface area contributed by atoms with E-state index in [0.717, 1.165) is 24.2 Å². The Morgan fingerprint density at radius 3 is 2.62 bits per heavy atom. The number of pyridine rings is 1. The number of aromatic nitrogens is 1. The van der Waals surface area contributed by atoms with E-state index in [2.05, 4.69) is 22.4 Å². The molecule has 0 spiro atoms. The molecule has 0 bridgehead atoms. The number of nitrogen functional groups attached to an aromatic ring is 1. The molecule has 0 saturated carbocycles. The van der Waals surface area contributed by atoms with Gasteiger partial charge in [-0.2, -0.15) is 5.10 Å². The van der Waals surface area contributed by atoms with Crippen LogP contribution in [-0.4, -0.2) is 23.7 Å². The molecule has 26 heavy (non-hydrogen) atoms. The van der Waals surface area contributed by atoms with Gasteiger partial charge >= 0.3 is 0 Å². The number of nitrogens with two attached hydrogens (primary N) is 1. The lowest BCUT2D eigenvalue weighted by atomic mass is 10.2. The van der Waals surface area contributed by atoms with Gasteiger partial charge in [0.2, 0.25) is 0 Å². The van der Waals surface area contributed by atoms with Gasteiger partial charge in [-0.25, -0.2) is 10.4 Å². The van der Waals surface area contributed by atoms with Crippen molar-refractivity contribution in [1.29, 1.82) is 0 Å². The molecule has 0 aliphatic carbocycles. The summed E-state index contributed by atoms with van der Waals surface area (Å²) in [5, 5.41) is 3.67. The number of anilines is 1. The van der Waals surface area contributed by atoms with Gasteiger partial charge < -0.3 is 10.5 Å². The van der Waals surface area contributed by atoms with E-state index < -0.39 is 5.91 Å². The minimum absolute atomic E-state index is 0.00189. The normalized spacial score (nSPS) is 10.9. The van der Waals surface area contributed by atoms with Crippen LogP contribution in [0.1, 0.15) is 35.8 Å². The van der Waals surface area contributed by atoms with E-state index in [9.17, 15) is 4.79 Å². The first kappa shape index (κ1) is 20.3. The van der Waals surface area contributed by atoms with Gasteiger partial charge in [0.25, 0.3) is 5.91 Å². The van der Waals surface area contributed by atoms with Gasteiger partial charge in [-0.1, -0.05) is 48.1 Å². The molecule has 6 nitrogen and oxygen atoms in total. The van der Waals surface area contributed by atoms with Crippen molar-refractivity contribution in [2.24, 2.45) is 5.10 Å². The number of halogens is 3. The summed E-state index contributed by atoms with van der Waals surface area (Å²) >= 11 is 17.6. The van der Waals surface area contributed by atoms with Gasteiger partial charge in [0.15, 0.2) is 10.8 Å². The average Bonchev–Trinajstić information content (AvgIpc) is 2.64. The SMILES string of the molecule is CCCCOc1ccc(/C=N/NC(=O)c2nc(Cl)c(Cl)c(N)c2Cl)cc1. The van der Waals surface area contributed by atoms with Crippen molar-refractivity contribution in [1.82, 2.24) is 10.4 Å². The largest absolute Gasteiger partial charge is 0.494 e. The van der Waals surface area contributed by atoms with Crippen LogP contribution in [0.5, 0.6) is 5.75 Å². The Morgan fingerprint density at radius 2 is 1.96 bits per heavy atom. The van der Waals surface area contributed by atoms with E-state index in [1.807, 2.05) is 24.3 Å². The lowest BCUT2D eigenvalue weighted by Crippen LogP contribution is -2.20. The number of rotatable bonds is 7. The smallest absolute Gasteiger partial charge is 0.291 e. The van der Waals surface area contributed by atoms with Gasteiger partial charge in [0.1, 0.15) is 10.8 Å². The number of hydrazone groups is 1. The number of carbonyl (C=O) groups is 1. The van der Waals surface area contributed by atoms with Gasteiger partial charge in [-0.15, -0.1) is 0 Å². The second-order valence-electron chi connectivity index (χ2n) is 5.26. The molecule has 1 heterocycles. The zero-order valence-corrected chi connectivity index (χ0v) is 16.2.